The fourth-order valence-electron chi connectivity index (χ4n) is 4.19. The van der Waals surface area contributed by atoms with Crippen molar-refractivity contribution in [2.75, 3.05) is 37.1 Å². The Labute approximate surface area is 211 Å². The molecule has 0 fully saturated rings. The first-order chi connectivity index (χ1) is 17.0. The highest BCUT2D eigenvalue weighted by Gasteiger charge is 2.40. The van der Waals surface area contributed by atoms with Gasteiger partial charge >= 0.3 is 6.09 Å². The summed E-state index contributed by atoms with van der Waals surface area (Å²) >= 11 is 3.38. The minimum atomic E-state index is -0.590. The molecule has 2 aromatic rings. The van der Waals surface area contributed by atoms with E-state index in [-0.39, 0.29) is 30.9 Å². The van der Waals surface area contributed by atoms with E-state index in [1.54, 1.807) is 35.4 Å². The number of amides is 2. The number of hydrogen-bond donors (Lipinski definition) is 0. The first-order valence-electron chi connectivity index (χ1n) is 11.2. The largest absolute Gasteiger partial charge is 0.493 e. The maximum atomic E-state index is 13.7. The molecular formula is C26H26BrFN2O5. The van der Waals surface area contributed by atoms with Gasteiger partial charge in [-0.1, -0.05) is 40.7 Å². The van der Waals surface area contributed by atoms with Crippen molar-refractivity contribution in [1.82, 2.24) is 4.90 Å². The van der Waals surface area contributed by atoms with E-state index in [0.717, 1.165) is 22.9 Å². The molecule has 2 aromatic carbocycles. The number of fused-ring (bicyclic) bond motifs is 2. The average molecular weight is 545 g/mol. The van der Waals surface area contributed by atoms with E-state index in [2.05, 4.69) is 22.5 Å². The smallest absolute Gasteiger partial charge is 0.414 e. The summed E-state index contributed by atoms with van der Waals surface area (Å²) in [6.45, 7) is 4.29. The average Bonchev–Trinajstić information content (AvgIpc) is 3.25. The molecule has 0 radical (unpaired) electrons. The zero-order valence-electron chi connectivity index (χ0n) is 19.3. The minimum Gasteiger partial charge on any atom is -0.493 e. The summed E-state index contributed by atoms with van der Waals surface area (Å²) in [6, 6.07) is 9.07. The predicted octanol–water partition coefficient (Wildman–Crippen LogP) is 5.40. The van der Waals surface area contributed by atoms with E-state index < -0.39 is 6.09 Å². The van der Waals surface area contributed by atoms with Crippen LogP contribution in [0.1, 0.15) is 28.8 Å². The Morgan fingerprint density at radius 2 is 2.03 bits per heavy atom. The van der Waals surface area contributed by atoms with E-state index in [9.17, 15) is 14.0 Å². The number of ether oxygens (including phenoxy) is 3. The minimum absolute atomic E-state index is 0.0385. The molecule has 0 spiro atoms. The van der Waals surface area contributed by atoms with Gasteiger partial charge in [-0.15, -0.1) is 0 Å². The molecule has 184 valence electrons. The van der Waals surface area contributed by atoms with Crippen LogP contribution in [0.25, 0.3) is 5.57 Å². The molecule has 0 N–H and O–H groups in total. The number of carbonyl (C=O) groups is 2. The molecule has 0 aliphatic carbocycles. The number of methoxy groups -OCH3 is 1. The summed E-state index contributed by atoms with van der Waals surface area (Å²) < 4.78 is 30.1. The second kappa shape index (κ2) is 10.9. The maximum Gasteiger partial charge on any atom is 0.414 e. The topological polar surface area (TPSA) is 68.3 Å². The predicted molar refractivity (Wildman–Crippen MR) is 135 cm³/mol. The van der Waals surface area contributed by atoms with Crippen molar-refractivity contribution < 1.29 is 28.2 Å². The van der Waals surface area contributed by atoms with E-state index in [1.807, 2.05) is 0 Å². The molecule has 2 amide bonds. The number of nitrogens with zero attached hydrogens (tertiary/aromatic N) is 2. The standard InChI is InChI=1S/C26H26BrFN2O5/c1-3-10-35-26(32)30-16-20-12-18(17-5-7-19(28)8-6-17)15-29(20)25(31)21-13-23(33-2)24(14-22(21)30)34-11-4-9-27/h3,5-8,13-15,20H,1,4,9-12,16H2,2H3/t20-/m0/s1. The first-order valence-corrected chi connectivity index (χ1v) is 12.3. The third-order valence-corrected chi connectivity index (χ3v) is 6.43. The molecule has 0 bridgehead atoms. The van der Waals surface area contributed by atoms with Crippen LogP contribution in [-0.4, -0.2) is 55.1 Å². The number of alkyl halides is 1. The molecule has 0 unspecified atom stereocenters. The van der Waals surface area contributed by atoms with Crippen molar-refractivity contribution >= 4 is 39.2 Å². The summed E-state index contributed by atoms with van der Waals surface area (Å²) in [6.07, 6.45) is 3.95. The van der Waals surface area contributed by atoms with Gasteiger partial charge in [-0.05, 0) is 42.2 Å². The number of anilines is 1. The number of rotatable bonds is 8. The molecule has 0 aromatic heterocycles. The highest BCUT2D eigenvalue weighted by Crippen LogP contribution is 2.41. The summed E-state index contributed by atoms with van der Waals surface area (Å²) in [5, 5.41) is 0.776. The van der Waals surface area contributed by atoms with E-state index in [4.69, 9.17) is 14.2 Å². The summed E-state index contributed by atoms with van der Waals surface area (Å²) in [4.78, 5) is 29.9. The third-order valence-electron chi connectivity index (χ3n) is 5.87. The van der Waals surface area contributed by atoms with Crippen LogP contribution in [0.15, 0.2) is 55.3 Å². The molecule has 0 saturated heterocycles. The number of carbonyl (C=O) groups excluding carboxylic acids is 2. The number of halogens is 2. The highest BCUT2D eigenvalue weighted by molar-refractivity contribution is 9.09. The molecule has 35 heavy (non-hydrogen) atoms. The molecule has 1 atom stereocenters. The zero-order chi connectivity index (χ0) is 24.9. The van der Waals surface area contributed by atoms with Gasteiger partial charge in [0, 0.05) is 17.6 Å². The molecule has 0 saturated carbocycles. The van der Waals surface area contributed by atoms with E-state index >= 15 is 0 Å². The Hall–Kier alpha value is -3.33. The van der Waals surface area contributed by atoms with E-state index in [0.29, 0.717) is 35.8 Å². The van der Waals surface area contributed by atoms with Crippen LogP contribution >= 0.6 is 15.9 Å². The van der Waals surface area contributed by atoms with Gasteiger partial charge in [0.15, 0.2) is 11.5 Å². The number of benzene rings is 2. The normalized spacial score (nSPS) is 16.7. The lowest BCUT2D eigenvalue weighted by molar-refractivity contribution is 0.0794. The zero-order valence-corrected chi connectivity index (χ0v) is 20.9. The van der Waals surface area contributed by atoms with Crippen LogP contribution in [-0.2, 0) is 4.74 Å². The van der Waals surface area contributed by atoms with Gasteiger partial charge in [-0.2, -0.15) is 0 Å². The van der Waals surface area contributed by atoms with E-state index in [1.165, 1.54) is 30.2 Å². The van der Waals surface area contributed by atoms with Gasteiger partial charge in [0.2, 0.25) is 0 Å². The van der Waals surface area contributed by atoms with Crippen molar-refractivity contribution in [3.63, 3.8) is 0 Å². The number of hydrogen-bond acceptors (Lipinski definition) is 5. The summed E-state index contributed by atoms with van der Waals surface area (Å²) in [5.41, 5.74) is 2.39. The Morgan fingerprint density at radius 3 is 2.71 bits per heavy atom. The second-order valence-electron chi connectivity index (χ2n) is 8.12. The van der Waals surface area contributed by atoms with Gasteiger partial charge in [0.25, 0.3) is 5.91 Å². The van der Waals surface area contributed by atoms with Crippen LogP contribution in [0.3, 0.4) is 0 Å². The Morgan fingerprint density at radius 1 is 1.26 bits per heavy atom. The third kappa shape index (κ3) is 5.19. The highest BCUT2D eigenvalue weighted by atomic mass is 79.9. The van der Waals surface area contributed by atoms with Crippen LogP contribution in [0.2, 0.25) is 0 Å². The van der Waals surface area contributed by atoms with Gasteiger partial charge in [0.05, 0.1) is 37.6 Å². The lowest BCUT2D eigenvalue weighted by Gasteiger charge is -2.26. The van der Waals surface area contributed by atoms with Crippen molar-refractivity contribution in [3.05, 3.63) is 72.2 Å². The van der Waals surface area contributed by atoms with Gasteiger partial charge in [0.1, 0.15) is 12.4 Å². The molecular weight excluding hydrogens is 519 g/mol. The van der Waals surface area contributed by atoms with Gasteiger partial charge in [-0.25, -0.2) is 9.18 Å². The van der Waals surface area contributed by atoms with Crippen LogP contribution in [0, 0.1) is 5.82 Å². The lowest BCUT2D eigenvalue weighted by Crippen LogP contribution is -2.41. The van der Waals surface area contributed by atoms with Crippen LogP contribution in [0.4, 0.5) is 14.9 Å². The Balaban J connectivity index is 1.76. The van der Waals surface area contributed by atoms with Gasteiger partial charge < -0.3 is 19.1 Å². The lowest BCUT2D eigenvalue weighted by atomic mass is 10.0. The second-order valence-corrected chi connectivity index (χ2v) is 8.91. The monoisotopic (exact) mass is 544 g/mol. The Kier molecular flexibility index (Phi) is 7.75. The SMILES string of the molecule is C=CCOC(=O)N1C[C@@H]2CC(c3ccc(F)cc3)=CN2C(=O)c2cc(OC)c(OCCCBr)cc21. The summed E-state index contributed by atoms with van der Waals surface area (Å²) in [7, 11) is 1.50. The van der Waals surface area contributed by atoms with Gasteiger partial charge in [-0.3, -0.25) is 9.69 Å². The van der Waals surface area contributed by atoms with Crippen molar-refractivity contribution in [3.8, 4) is 11.5 Å². The first kappa shape index (κ1) is 24.8. The quantitative estimate of drug-likeness (QED) is 0.253. The van der Waals surface area contributed by atoms with Crippen molar-refractivity contribution in [2.24, 2.45) is 0 Å². The molecule has 9 heteroatoms. The fourth-order valence-corrected chi connectivity index (χ4v) is 4.42. The molecule has 7 nitrogen and oxygen atoms in total. The molecule has 2 aliphatic heterocycles. The maximum absolute atomic E-state index is 13.7. The summed E-state index contributed by atoms with van der Waals surface area (Å²) in [5.74, 6) is 0.230. The van der Waals surface area contributed by atoms with Crippen molar-refractivity contribution in [2.45, 2.75) is 18.9 Å². The molecule has 2 aliphatic rings. The fraction of sp³-hybridized carbons (Fsp3) is 0.308. The Bertz CT molecular complexity index is 1150. The molecule has 2 heterocycles. The van der Waals surface area contributed by atoms with Crippen LogP contribution in [0.5, 0.6) is 11.5 Å². The van der Waals surface area contributed by atoms with Crippen molar-refractivity contribution in [1.29, 1.82) is 0 Å². The van der Waals surface area contributed by atoms with Crippen LogP contribution < -0.4 is 14.4 Å². The molecule has 4 rings (SSSR count).